The molecule has 2 fully saturated rings. The van der Waals surface area contributed by atoms with Crippen LogP contribution in [-0.4, -0.2) is 31.1 Å². The summed E-state index contributed by atoms with van der Waals surface area (Å²) in [7, 11) is 0. The summed E-state index contributed by atoms with van der Waals surface area (Å²) in [5.41, 5.74) is 2.57. The van der Waals surface area contributed by atoms with Crippen molar-refractivity contribution >= 4 is 52.2 Å². The molecule has 152 valence electrons. The number of carbonyl (C=O) groups excluding carboxylic acids is 2. The molecule has 0 bridgehead atoms. The summed E-state index contributed by atoms with van der Waals surface area (Å²) in [6.45, 7) is 1.88. The van der Waals surface area contributed by atoms with Gasteiger partial charge >= 0.3 is 6.03 Å². The van der Waals surface area contributed by atoms with Gasteiger partial charge in [-0.25, -0.2) is 4.79 Å². The molecule has 8 heteroatoms. The number of amides is 3. The van der Waals surface area contributed by atoms with Gasteiger partial charge in [0.25, 0.3) is 5.91 Å². The van der Waals surface area contributed by atoms with Crippen LogP contribution < -0.4 is 20.9 Å². The van der Waals surface area contributed by atoms with Crippen molar-refractivity contribution in [2.24, 2.45) is 0 Å². The maximum absolute atomic E-state index is 12.8. The highest BCUT2D eigenvalue weighted by Gasteiger charge is 2.26. The lowest BCUT2D eigenvalue weighted by atomic mass is 10.1. The van der Waals surface area contributed by atoms with E-state index >= 15 is 0 Å². The fraction of sp³-hybridized carbons (Fsp3) is 0.333. The third-order valence-corrected chi connectivity index (χ3v) is 5.77. The second-order valence-electron chi connectivity index (χ2n) is 7.38. The van der Waals surface area contributed by atoms with Gasteiger partial charge in [-0.05, 0) is 62.1 Å². The molecule has 6 nitrogen and oxygen atoms in total. The summed E-state index contributed by atoms with van der Waals surface area (Å²) in [6, 6.07) is 10.2. The first-order chi connectivity index (χ1) is 14.0. The Morgan fingerprint density at radius 1 is 0.897 bits per heavy atom. The zero-order valence-electron chi connectivity index (χ0n) is 15.8. The van der Waals surface area contributed by atoms with Crippen LogP contribution in [0, 0.1) is 0 Å². The van der Waals surface area contributed by atoms with E-state index in [2.05, 4.69) is 20.9 Å². The van der Waals surface area contributed by atoms with Gasteiger partial charge in [0, 0.05) is 36.2 Å². The molecule has 0 unspecified atom stereocenters. The molecule has 2 aromatic carbocycles. The molecular formula is C21H22Cl2N4O2. The predicted molar refractivity (Wildman–Crippen MR) is 117 cm³/mol. The van der Waals surface area contributed by atoms with Crippen LogP contribution in [0.1, 0.15) is 36.0 Å². The first kappa shape index (κ1) is 19.9. The standard InChI is InChI=1S/C21H22Cl2N4O2/c22-17-7-5-15(12-18(17)23)26-21(29)25-14-6-8-19(27-9-1-2-10-27)16(11-14)20(28)24-13-3-4-13/h5-8,11-13H,1-4,9-10H2,(H,24,28)(H2,25,26,29). The quantitative estimate of drug-likeness (QED) is 0.612. The predicted octanol–water partition coefficient (Wildman–Crippen LogP) is 5.13. The average molecular weight is 433 g/mol. The summed E-state index contributed by atoms with van der Waals surface area (Å²) in [5.74, 6) is -0.0945. The normalized spacial score (nSPS) is 15.9. The van der Waals surface area contributed by atoms with Gasteiger partial charge in [0.15, 0.2) is 0 Å². The van der Waals surface area contributed by atoms with Crippen LogP contribution in [0.15, 0.2) is 36.4 Å². The summed E-state index contributed by atoms with van der Waals surface area (Å²) < 4.78 is 0. The van der Waals surface area contributed by atoms with Crippen LogP contribution in [0.2, 0.25) is 10.0 Å². The first-order valence-electron chi connectivity index (χ1n) is 9.72. The van der Waals surface area contributed by atoms with Gasteiger partial charge in [-0.1, -0.05) is 23.2 Å². The summed E-state index contributed by atoms with van der Waals surface area (Å²) in [4.78, 5) is 27.4. The smallest absolute Gasteiger partial charge is 0.323 e. The van der Waals surface area contributed by atoms with E-state index in [0.29, 0.717) is 27.0 Å². The van der Waals surface area contributed by atoms with Gasteiger partial charge in [0.2, 0.25) is 0 Å². The number of urea groups is 1. The van der Waals surface area contributed by atoms with Crippen LogP contribution in [0.5, 0.6) is 0 Å². The molecule has 3 N–H and O–H groups in total. The second-order valence-corrected chi connectivity index (χ2v) is 8.20. The van der Waals surface area contributed by atoms with Gasteiger partial charge in [-0.15, -0.1) is 0 Å². The lowest BCUT2D eigenvalue weighted by Crippen LogP contribution is -2.29. The van der Waals surface area contributed by atoms with Crippen LogP contribution in [0.3, 0.4) is 0 Å². The van der Waals surface area contributed by atoms with E-state index in [1.165, 1.54) is 0 Å². The average Bonchev–Trinajstić information content (AvgIpc) is 3.33. The number of nitrogens with one attached hydrogen (secondary N) is 3. The minimum absolute atomic E-state index is 0.0945. The van der Waals surface area contributed by atoms with Gasteiger partial charge < -0.3 is 20.9 Å². The van der Waals surface area contributed by atoms with Crippen molar-refractivity contribution in [2.75, 3.05) is 28.6 Å². The number of anilines is 3. The highest BCUT2D eigenvalue weighted by atomic mass is 35.5. The minimum Gasteiger partial charge on any atom is -0.371 e. The molecule has 3 amide bonds. The fourth-order valence-corrected chi connectivity index (χ4v) is 3.69. The highest BCUT2D eigenvalue weighted by Crippen LogP contribution is 2.29. The lowest BCUT2D eigenvalue weighted by molar-refractivity contribution is 0.0951. The molecule has 2 aromatic rings. The fourth-order valence-electron chi connectivity index (χ4n) is 3.39. The Bertz CT molecular complexity index is 940. The van der Waals surface area contributed by atoms with E-state index in [-0.39, 0.29) is 11.9 Å². The van der Waals surface area contributed by atoms with Crippen molar-refractivity contribution in [1.82, 2.24) is 5.32 Å². The van der Waals surface area contributed by atoms with Gasteiger partial charge in [-0.3, -0.25) is 4.79 Å². The molecule has 2 aliphatic rings. The van der Waals surface area contributed by atoms with Crippen LogP contribution in [-0.2, 0) is 0 Å². The van der Waals surface area contributed by atoms with Crippen molar-refractivity contribution in [1.29, 1.82) is 0 Å². The zero-order valence-corrected chi connectivity index (χ0v) is 17.3. The Hall–Kier alpha value is -2.44. The Balaban J connectivity index is 1.51. The third-order valence-electron chi connectivity index (χ3n) is 5.04. The molecule has 0 aromatic heterocycles. The number of hydrogen-bond acceptors (Lipinski definition) is 3. The van der Waals surface area contributed by atoms with E-state index in [4.69, 9.17) is 23.2 Å². The van der Waals surface area contributed by atoms with E-state index in [1.54, 1.807) is 24.3 Å². The lowest BCUT2D eigenvalue weighted by Gasteiger charge is -2.22. The SMILES string of the molecule is O=C(Nc1ccc(Cl)c(Cl)c1)Nc1ccc(N2CCCC2)c(C(=O)NC2CC2)c1. The molecular weight excluding hydrogens is 411 g/mol. The molecule has 0 radical (unpaired) electrons. The van der Waals surface area contributed by atoms with Crippen molar-refractivity contribution in [2.45, 2.75) is 31.7 Å². The van der Waals surface area contributed by atoms with Gasteiger partial charge in [0.05, 0.1) is 15.6 Å². The van der Waals surface area contributed by atoms with Crippen LogP contribution in [0.25, 0.3) is 0 Å². The first-order valence-corrected chi connectivity index (χ1v) is 10.5. The summed E-state index contributed by atoms with van der Waals surface area (Å²) >= 11 is 11.9. The molecule has 4 rings (SSSR count). The monoisotopic (exact) mass is 432 g/mol. The van der Waals surface area contributed by atoms with E-state index in [1.807, 2.05) is 12.1 Å². The Labute approximate surface area is 179 Å². The van der Waals surface area contributed by atoms with Crippen molar-refractivity contribution < 1.29 is 9.59 Å². The summed E-state index contributed by atoms with van der Waals surface area (Å²) in [5, 5.41) is 9.32. The minimum atomic E-state index is -0.425. The van der Waals surface area contributed by atoms with Crippen LogP contribution in [0.4, 0.5) is 21.9 Å². The van der Waals surface area contributed by atoms with Gasteiger partial charge in [-0.2, -0.15) is 0 Å². The maximum Gasteiger partial charge on any atom is 0.323 e. The second kappa shape index (κ2) is 8.51. The Kier molecular flexibility index (Phi) is 5.83. The molecule has 1 aliphatic heterocycles. The zero-order chi connectivity index (χ0) is 20.4. The molecule has 1 saturated heterocycles. The number of hydrogen-bond donors (Lipinski definition) is 3. The van der Waals surface area contributed by atoms with Gasteiger partial charge in [0.1, 0.15) is 0 Å². The molecule has 1 saturated carbocycles. The number of halogens is 2. The number of carbonyl (C=O) groups is 2. The molecule has 0 atom stereocenters. The molecule has 1 aliphatic carbocycles. The summed E-state index contributed by atoms with van der Waals surface area (Å²) in [6.07, 6.45) is 4.29. The molecule has 1 heterocycles. The Morgan fingerprint density at radius 3 is 2.21 bits per heavy atom. The Morgan fingerprint density at radius 2 is 1.55 bits per heavy atom. The van der Waals surface area contributed by atoms with Crippen molar-refractivity contribution in [3.05, 3.63) is 52.0 Å². The highest BCUT2D eigenvalue weighted by molar-refractivity contribution is 6.42. The van der Waals surface area contributed by atoms with E-state index in [9.17, 15) is 9.59 Å². The number of rotatable bonds is 5. The van der Waals surface area contributed by atoms with Crippen LogP contribution >= 0.6 is 23.2 Å². The van der Waals surface area contributed by atoms with E-state index in [0.717, 1.165) is 44.5 Å². The van der Waals surface area contributed by atoms with Crippen molar-refractivity contribution in [3.63, 3.8) is 0 Å². The van der Waals surface area contributed by atoms with E-state index < -0.39 is 6.03 Å². The molecule has 0 spiro atoms. The maximum atomic E-state index is 12.8. The molecule has 29 heavy (non-hydrogen) atoms. The largest absolute Gasteiger partial charge is 0.371 e. The van der Waals surface area contributed by atoms with Crippen molar-refractivity contribution in [3.8, 4) is 0 Å². The third kappa shape index (κ3) is 4.95. The number of benzene rings is 2. The topological polar surface area (TPSA) is 73.5 Å². The number of nitrogens with zero attached hydrogens (tertiary/aromatic N) is 1.